The second kappa shape index (κ2) is 23.1. The van der Waals surface area contributed by atoms with Crippen LogP contribution in [0, 0.1) is 0 Å². The Balaban J connectivity index is 0.889. The van der Waals surface area contributed by atoms with Gasteiger partial charge in [0, 0.05) is 77.8 Å². The van der Waals surface area contributed by atoms with Crippen molar-refractivity contribution >= 4 is 123 Å². The second-order valence-electron chi connectivity index (χ2n) is 27.2. The molecule has 0 aliphatic carbocycles. The maximum Gasteiger partial charge on any atom is 0.252 e. The van der Waals surface area contributed by atoms with Gasteiger partial charge in [0.05, 0.1) is 38.8 Å². The summed E-state index contributed by atoms with van der Waals surface area (Å²) in [5, 5.41) is 7.29. The number of anilines is 6. The van der Waals surface area contributed by atoms with E-state index < -0.39 is 0 Å². The smallest absolute Gasteiger partial charge is 0.252 e. The van der Waals surface area contributed by atoms with Crippen molar-refractivity contribution in [1.29, 1.82) is 0 Å². The molecule has 19 aromatic rings. The van der Waals surface area contributed by atoms with Gasteiger partial charge in [-0.3, -0.25) is 0 Å². The fourth-order valence-electron chi connectivity index (χ4n) is 17.0. The number of nitrogens with zero attached hydrogens (tertiary/aromatic N) is 5. The van der Waals surface area contributed by atoms with Crippen LogP contribution >= 0.6 is 0 Å². The molecule has 0 amide bonds. The van der Waals surface area contributed by atoms with E-state index in [1.165, 1.54) is 59.7 Å². The molecule has 6 heteroatoms. The molecular formula is C96H62BN5. The zero-order chi connectivity index (χ0) is 66.9. The van der Waals surface area contributed by atoms with Crippen molar-refractivity contribution in [2.45, 2.75) is 0 Å². The third-order valence-corrected chi connectivity index (χ3v) is 21.5. The first-order chi connectivity index (χ1) is 50.6. The Morgan fingerprint density at radius 3 is 0.863 bits per heavy atom. The summed E-state index contributed by atoms with van der Waals surface area (Å²) in [6.45, 7) is -0.220. The zero-order valence-electron chi connectivity index (χ0n) is 55.6. The van der Waals surface area contributed by atoms with Crippen LogP contribution in [0.5, 0.6) is 0 Å². The SMILES string of the molecule is c1ccc(-c2cc(-c3ccccc3)cc(N3c4cc(-c5ccccc5)ccc4B4c5ccc(-n6c7ccccc7c7cc(-n8c9ccccc9c9ccccc98)ccc76)cc5N(c5cc(-c6ccccc6)cc(-c6ccccc6)c5)c5cc(-n6c7ccccc7c7ccccc76)cc3c54)c2)cc1. The molecule has 0 unspecified atom stereocenters. The number of fused-ring (bicyclic) bond motifs is 13. The molecule has 102 heavy (non-hydrogen) atoms. The minimum Gasteiger partial charge on any atom is -0.311 e. The summed E-state index contributed by atoms with van der Waals surface area (Å²) >= 11 is 0. The van der Waals surface area contributed by atoms with E-state index in [2.05, 4.69) is 400 Å². The standard InChI is InChI=1S/C96H62BN5/c1-6-26-63(27-7-1)68-46-49-84-92(58-68)101(75-54-69(64-28-8-2-9-29-64)52-70(55-75)65-30-10-3-11-31-65)94-61-77(100-88-43-23-18-38-80(88)81-39-19-24-44-89(81)100)62-95-96(94)97(84)85-50-47-74(60-93(85)102(95)76-56-71(66-32-12-4-13-33-66)53-72(57-76)67-34-14-5-15-35-67)99-90-45-25-20-40-82(90)83-59-73(48-51-91(83)99)98-86-41-21-16-36-78(86)79-37-17-22-42-87(79)98/h1-62H. The van der Waals surface area contributed by atoms with E-state index in [9.17, 15) is 0 Å². The predicted octanol–water partition coefficient (Wildman–Crippen LogP) is 23.4. The molecule has 2 aliphatic heterocycles. The molecule has 474 valence electrons. The van der Waals surface area contributed by atoms with E-state index in [0.717, 1.165) is 129 Å². The first kappa shape index (κ1) is 57.6. The van der Waals surface area contributed by atoms with Gasteiger partial charge in [-0.1, -0.05) is 261 Å². The van der Waals surface area contributed by atoms with Gasteiger partial charge in [0.1, 0.15) is 0 Å². The Kier molecular flexibility index (Phi) is 13.1. The Hall–Kier alpha value is -13.4. The van der Waals surface area contributed by atoms with E-state index in [1.807, 2.05) is 0 Å². The van der Waals surface area contributed by atoms with Gasteiger partial charge in [0.15, 0.2) is 0 Å². The Labute approximate surface area is 591 Å². The fraction of sp³-hybridized carbons (Fsp3) is 0. The topological polar surface area (TPSA) is 21.3 Å². The van der Waals surface area contributed by atoms with Crippen LogP contribution in [-0.2, 0) is 0 Å². The highest BCUT2D eigenvalue weighted by molar-refractivity contribution is 7.00. The lowest BCUT2D eigenvalue weighted by molar-refractivity contribution is 1.15. The fourth-order valence-corrected chi connectivity index (χ4v) is 17.0. The van der Waals surface area contributed by atoms with Crippen LogP contribution in [0.3, 0.4) is 0 Å². The molecule has 0 saturated carbocycles. The second-order valence-corrected chi connectivity index (χ2v) is 27.2. The van der Waals surface area contributed by atoms with Gasteiger partial charge < -0.3 is 23.5 Å². The molecule has 21 rings (SSSR count). The number of aromatic nitrogens is 3. The molecule has 0 spiro atoms. The molecule has 2 aliphatic rings. The predicted molar refractivity (Wildman–Crippen MR) is 431 cm³/mol. The van der Waals surface area contributed by atoms with Crippen LogP contribution in [0.1, 0.15) is 0 Å². The molecule has 0 fully saturated rings. The van der Waals surface area contributed by atoms with Crippen molar-refractivity contribution in [2.75, 3.05) is 9.80 Å². The summed E-state index contributed by atoms with van der Waals surface area (Å²) in [6, 6.07) is 140. The number of rotatable bonds is 10. The maximum atomic E-state index is 2.63. The van der Waals surface area contributed by atoms with Crippen molar-refractivity contribution < 1.29 is 0 Å². The monoisotopic (exact) mass is 1300 g/mol. The molecule has 16 aromatic carbocycles. The molecule has 0 bridgehead atoms. The third kappa shape index (κ3) is 9.06. The number of hydrogen-bond donors (Lipinski definition) is 0. The van der Waals surface area contributed by atoms with E-state index in [-0.39, 0.29) is 6.71 Å². The van der Waals surface area contributed by atoms with E-state index >= 15 is 0 Å². The summed E-state index contributed by atoms with van der Waals surface area (Å²) in [6.07, 6.45) is 0. The van der Waals surface area contributed by atoms with E-state index in [1.54, 1.807) is 0 Å². The lowest BCUT2D eigenvalue weighted by atomic mass is 9.33. The molecule has 0 radical (unpaired) electrons. The normalized spacial score (nSPS) is 12.5. The molecular weight excluding hydrogens is 1230 g/mol. The Morgan fingerprint density at radius 1 is 0.167 bits per heavy atom. The summed E-state index contributed by atoms with van der Waals surface area (Å²) in [5.41, 5.74) is 31.9. The van der Waals surface area contributed by atoms with Gasteiger partial charge >= 0.3 is 0 Å². The Morgan fingerprint density at radius 2 is 0.461 bits per heavy atom. The quantitative estimate of drug-likeness (QED) is 0.127. The molecule has 0 N–H and O–H groups in total. The van der Waals surface area contributed by atoms with Crippen LogP contribution in [-0.4, -0.2) is 20.4 Å². The van der Waals surface area contributed by atoms with Crippen molar-refractivity contribution in [3.05, 3.63) is 376 Å². The highest BCUT2D eigenvalue weighted by Gasteiger charge is 2.45. The summed E-state index contributed by atoms with van der Waals surface area (Å²) < 4.78 is 7.47. The third-order valence-electron chi connectivity index (χ3n) is 21.5. The van der Waals surface area contributed by atoms with Gasteiger partial charge in [-0.15, -0.1) is 0 Å². The van der Waals surface area contributed by atoms with Crippen molar-refractivity contribution in [3.8, 4) is 72.7 Å². The first-order valence-corrected chi connectivity index (χ1v) is 35.2. The first-order valence-electron chi connectivity index (χ1n) is 35.2. The molecule has 0 atom stereocenters. The van der Waals surface area contributed by atoms with Crippen molar-refractivity contribution in [2.24, 2.45) is 0 Å². The van der Waals surface area contributed by atoms with Crippen LogP contribution in [0.15, 0.2) is 376 Å². The number of benzene rings is 16. The van der Waals surface area contributed by atoms with Gasteiger partial charge in [-0.2, -0.15) is 0 Å². The maximum absolute atomic E-state index is 2.63. The molecule has 0 saturated heterocycles. The van der Waals surface area contributed by atoms with E-state index in [0.29, 0.717) is 0 Å². The van der Waals surface area contributed by atoms with Crippen molar-refractivity contribution in [3.63, 3.8) is 0 Å². The number of hydrogen-bond acceptors (Lipinski definition) is 2. The minimum absolute atomic E-state index is 0.220. The molecule has 5 nitrogen and oxygen atoms in total. The average Bonchev–Trinajstić information content (AvgIpc) is 1.19. The van der Waals surface area contributed by atoms with Crippen molar-refractivity contribution in [1.82, 2.24) is 13.7 Å². The van der Waals surface area contributed by atoms with Gasteiger partial charge in [0.2, 0.25) is 0 Å². The summed E-state index contributed by atoms with van der Waals surface area (Å²) in [7, 11) is 0. The van der Waals surface area contributed by atoms with Gasteiger partial charge in [-0.25, -0.2) is 0 Å². The van der Waals surface area contributed by atoms with Crippen LogP contribution < -0.4 is 26.2 Å². The number of para-hydroxylation sites is 5. The lowest BCUT2D eigenvalue weighted by Gasteiger charge is -2.45. The van der Waals surface area contributed by atoms with Crippen LogP contribution in [0.2, 0.25) is 0 Å². The minimum atomic E-state index is -0.220. The zero-order valence-corrected chi connectivity index (χ0v) is 55.6. The summed E-state index contributed by atoms with van der Waals surface area (Å²) in [4.78, 5) is 5.25. The molecule has 3 aromatic heterocycles. The Bertz CT molecular complexity index is 6350. The highest BCUT2D eigenvalue weighted by Crippen LogP contribution is 2.50. The van der Waals surface area contributed by atoms with E-state index in [4.69, 9.17) is 0 Å². The van der Waals surface area contributed by atoms with Gasteiger partial charge in [0.25, 0.3) is 6.71 Å². The largest absolute Gasteiger partial charge is 0.311 e. The highest BCUT2D eigenvalue weighted by atomic mass is 15.2. The van der Waals surface area contributed by atoms with Crippen LogP contribution in [0.4, 0.5) is 34.1 Å². The summed E-state index contributed by atoms with van der Waals surface area (Å²) in [5.74, 6) is 0. The lowest BCUT2D eigenvalue weighted by Crippen LogP contribution is -2.61. The average molecular weight is 1300 g/mol. The van der Waals surface area contributed by atoms with Gasteiger partial charge in [-0.05, 0) is 187 Å². The van der Waals surface area contributed by atoms with Crippen LogP contribution in [0.25, 0.3) is 138 Å². The molecule has 5 heterocycles.